The van der Waals surface area contributed by atoms with E-state index in [0.29, 0.717) is 0 Å². The molecule has 0 bridgehead atoms. The summed E-state index contributed by atoms with van der Waals surface area (Å²) in [5, 5.41) is 3.09. The van der Waals surface area contributed by atoms with Crippen LogP contribution in [0.5, 0.6) is 0 Å². The number of nitrogens with zero attached hydrogens (tertiary/aromatic N) is 1. The quantitative estimate of drug-likeness (QED) is 0.832. The minimum atomic E-state index is 0.887. The summed E-state index contributed by atoms with van der Waals surface area (Å²) in [5.41, 5.74) is 2.44. The molecule has 1 N–H and O–H groups in total. The molecule has 0 amide bonds. The Morgan fingerprint density at radius 1 is 1.25 bits per heavy atom. The number of hydrogen-bond donors (Lipinski definition) is 1. The van der Waals surface area contributed by atoms with Gasteiger partial charge in [-0.1, -0.05) is 13.5 Å². The molecule has 1 fully saturated rings. The van der Waals surface area contributed by atoms with Gasteiger partial charge in [0.25, 0.3) is 0 Å². The van der Waals surface area contributed by atoms with Crippen molar-refractivity contribution in [2.24, 2.45) is 5.92 Å². The first kappa shape index (κ1) is 11.1. The molecule has 0 radical (unpaired) electrons. The molecule has 1 aromatic carbocycles. The summed E-state index contributed by atoms with van der Waals surface area (Å²) in [6, 6.07) is 8.58. The molecule has 0 aliphatic carbocycles. The van der Waals surface area contributed by atoms with Crippen molar-refractivity contribution in [1.29, 1.82) is 0 Å². The van der Waals surface area contributed by atoms with Crippen LogP contribution in [0.1, 0.15) is 19.8 Å². The van der Waals surface area contributed by atoms with Crippen molar-refractivity contribution in [1.82, 2.24) is 0 Å². The Balaban J connectivity index is 2.01. The lowest BCUT2D eigenvalue weighted by Crippen LogP contribution is -2.32. The topological polar surface area (TPSA) is 15.3 Å². The molecule has 0 spiro atoms. The van der Waals surface area contributed by atoms with Crippen LogP contribution in [0.3, 0.4) is 0 Å². The lowest BCUT2D eigenvalue weighted by molar-refractivity contribution is 0.438. The van der Waals surface area contributed by atoms with Crippen molar-refractivity contribution in [2.75, 3.05) is 23.3 Å². The zero-order valence-corrected chi connectivity index (χ0v) is 9.95. The fourth-order valence-electron chi connectivity index (χ4n) is 2.15. The SMILES string of the molecule is C=CNc1ccc(N2CCC(C)CC2)cc1. The maximum atomic E-state index is 3.66. The molecule has 1 aromatic rings. The molecule has 1 heterocycles. The van der Waals surface area contributed by atoms with E-state index in [-0.39, 0.29) is 0 Å². The van der Waals surface area contributed by atoms with Crippen molar-refractivity contribution in [3.8, 4) is 0 Å². The summed E-state index contributed by atoms with van der Waals surface area (Å²) in [5.74, 6) is 0.887. The second kappa shape index (κ2) is 5.06. The highest BCUT2D eigenvalue weighted by Gasteiger charge is 2.15. The van der Waals surface area contributed by atoms with Gasteiger partial charge < -0.3 is 10.2 Å². The van der Waals surface area contributed by atoms with Crippen molar-refractivity contribution >= 4 is 11.4 Å². The van der Waals surface area contributed by atoms with E-state index in [9.17, 15) is 0 Å². The van der Waals surface area contributed by atoms with E-state index in [2.05, 4.69) is 48.0 Å². The summed E-state index contributed by atoms with van der Waals surface area (Å²) in [7, 11) is 0. The zero-order chi connectivity index (χ0) is 11.4. The van der Waals surface area contributed by atoms with Crippen molar-refractivity contribution in [3.63, 3.8) is 0 Å². The van der Waals surface area contributed by atoms with E-state index < -0.39 is 0 Å². The Labute approximate surface area is 98.0 Å². The molecule has 2 nitrogen and oxygen atoms in total. The summed E-state index contributed by atoms with van der Waals surface area (Å²) >= 11 is 0. The van der Waals surface area contributed by atoms with Crippen LogP contribution in [0, 0.1) is 5.92 Å². The van der Waals surface area contributed by atoms with Crippen molar-refractivity contribution in [3.05, 3.63) is 37.0 Å². The van der Waals surface area contributed by atoms with Crippen LogP contribution >= 0.6 is 0 Å². The Bertz CT molecular complexity index is 334. The number of rotatable bonds is 3. The smallest absolute Gasteiger partial charge is 0.0381 e. The van der Waals surface area contributed by atoms with Crippen molar-refractivity contribution < 1.29 is 0 Å². The number of nitrogens with one attached hydrogen (secondary N) is 1. The third-order valence-corrected chi connectivity index (χ3v) is 3.28. The van der Waals surface area contributed by atoms with E-state index in [1.165, 1.54) is 31.6 Å². The van der Waals surface area contributed by atoms with Crippen LogP contribution in [-0.4, -0.2) is 13.1 Å². The Kier molecular flexibility index (Phi) is 3.50. The molecule has 0 saturated carbocycles. The van der Waals surface area contributed by atoms with Gasteiger partial charge in [0.05, 0.1) is 0 Å². The average Bonchev–Trinajstić information content (AvgIpc) is 2.32. The summed E-state index contributed by atoms with van der Waals surface area (Å²) in [4.78, 5) is 2.47. The van der Waals surface area contributed by atoms with Crippen LogP contribution in [0.4, 0.5) is 11.4 Å². The van der Waals surface area contributed by atoms with Gasteiger partial charge in [-0.3, -0.25) is 0 Å². The summed E-state index contributed by atoms with van der Waals surface area (Å²) in [6.07, 6.45) is 4.33. The normalized spacial score (nSPS) is 17.2. The molecule has 1 saturated heterocycles. The van der Waals surface area contributed by atoms with Gasteiger partial charge in [-0.15, -0.1) is 0 Å². The molecule has 1 aliphatic heterocycles. The van der Waals surface area contributed by atoms with Gasteiger partial charge >= 0.3 is 0 Å². The van der Waals surface area contributed by atoms with Crippen LogP contribution in [0.2, 0.25) is 0 Å². The summed E-state index contributed by atoms with van der Waals surface area (Å²) < 4.78 is 0. The van der Waals surface area contributed by atoms with Crippen LogP contribution in [0.25, 0.3) is 0 Å². The minimum Gasteiger partial charge on any atom is -0.372 e. The Morgan fingerprint density at radius 3 is 2.44 bits per heavy atom. The van der Waals surface area contributed by atoms with Gasteiger partial charge in [-0.05, 0) is 49.2 Å². The van der Waals surface area contributed by atoms with E-state index in [4.69, 9.17) is 0 Å². The van der Waals surface area contributed by atoms with E-state index in [0.717, 1.165) is 11.6 Å². The molecule has 0 atom stereocenters. The first-order valence-electron chi connectivity index (χ1n) is 6.02. The first-order chi connectivity index (χ1) is 7.79. The highest BCUT2D eigenvalue weighted by molar-refractivity contribution is 5.56. The lowest BCUT2D eigenvalue weighted by atomic mass is 9.99. The van der Waals surface area contributed by atoms with E-state index in [1.54, 1.807) is 6.20 Å². The van der Waals surface area contributed by atoms with E-state index in [1.807, 2.05) is 0 Å². The van der Waals surface area contributed by atoms with Gasteiger partial charge in [0, 0.05) is 24.5 Å². The number of hydrogen-bond acceptors (Lipinski definition) is 2. The fraction of sp³-hybridized carbons (Fsp3) is 0.429. The minimum absolute atomic E-state index is 0.887. The molecule has 0 unspecified atom stereocenters. The standard InChI is InChI=1S/C14H20N2/c1-3-15-13-4-6-14(7-5-13)16-10-8-12(2)9-11-16/h3-7,12,15H,1,8-11H2,2H3. The maximum absolute atomic E-state index is 3.66. The molecule has 1 aliphatic rings. The third kappa shape index (κ3) is 2.57. The lowest BCUT2D eigenvalue weighted by Gasteiger charge is -2.32. The van der Waals surface area contributed by atoms with Gasteiger partial charge in [0.15, 0.2) is 0 Å². The predicted octanol–water partition coefficient (Wildman–Crippen LogP) is 3.48. The maximum Gasteiger partial charge on any atom is 0.0381 e. The second-order valence-corrected chi connectivity index (χ2v) is 4.56. The molecule has 0 aromatic heterocycles. The molecule has 86 valence electrons. The largest absolute Gasteiger partial charge is 0.372 e. The number of benzene rings is 1. The molecular weight excluding hydrogens is 196 g/mol. The first-order valence-corrected chi connectivity index (χ1v) is 6.02. The molecule has 2 rings (SSSR count). The fourth-order valence-corrected chi connectivity index (χ4v) is 2.15. The highest BCUT2D eigenvalue weighted by Crippen LogP contribution is 2.24. The highest BCUT2D eigenvalue weighted by atomic mass is 15.1. The van der Waals surface area contributed by atoms with Crippen molar-refractivity contribution in [2.45, 2.75) is 19.8 Å². The van der Waals surface area contributed by atoms with Crippen LogP contribution in [0.15, 0.2) is 37.0 Å². The Morgan fingerprint density at radius 2 is 1.88 bits per heavy atom. The number of anilines is 2. The Hall–Kier alpha value is -1.44. The second-order valence-electron chi connectivity index (χ2n) is 4.56. The van der Waals surface area contributed by atoms with Crippen LogP contribution in [-0.2, 0) is 0 Å². The van der Waals surface area contributed by atoms with E-state index >= 15 is 0 Å². The number of piperidine rings is 1. The van der Waals surface area contributed by atoms with Gasteiger partial charge in [0.1, 0.15) is 0 Å². The van der Waals surface area contributed by atoms with Gasteiger partial charge in [-0.25, -0.2) is 0 Å². The van der Waals surface area contributed by atoms with Gasteiger partial charge in [-0.2, -0.15) is 0 Å². The monoisotopic (exact) mass is 216 g/mol. The zero-order valence-electron chi connectivity index (χ0n) is 9.95. The molecule has 16 heavy (non-hydrogen) atoms. The van der Waals surface area contributed by atoms with Gasteiger partial charge in [0.2, 0.25) is 0 Å². The van der Waals surface area contributed by atoms with Crippen LogP contribution < -0.4 is 10.2 Å². The average molecular weight is 216 g/mol. The predicted molar refractivity (Wildman–Crippen MR) is 70.9 cm³/mol. The third-order valence-electron chi connectivity index (χ3n) is 3.28. The molecule has 2 heteroatoms. The summed E-state index contributed by atoms with van der Waals surface area (Å²) in [6.45, 7) is 8.38. The molecular formula is C14H20N2.